The van der Waals surface area contributed by atoms with Crippen molar-refractivity contribution in [3.63, 3.8) is 0 Å². The van der Waals surface area contributed by atoms with E-state index in [-0.39, 0.29) is 12.0 Å². The molecule has 0 radical (unpaired) electrons. The van der Waals surface area contributed by atoms with Crippen LogP contribution in [0.25, 0.3) is 0 Å². The first-order chi connectivity index (χ1) is 9.01. The summed E-state index contributed by atoms with van der Waals surface area (Å²) < 4.78 is 10.4. The van der Waals surface area contributed by atoms with Crippen molar-refractivity contribution >= 4 is 11.9 Å². The predicted molar refractivity (Wildman–Crippen MR) is 72.2 cm³/mol. The zero-order chi connectivity index (χ0) is 14.4. The largest absolute Gasteiger partial charge is 0.458 e. The van der Waals surface area contributed by atoms with E-state index in [0.717, 1.165) is 25.7 Å². The highest BCUT2D eigenvalue weighted by atomic mass is 16.6. The third-order valence-corrected chi connectivity index (χ3v) is 3.23. The average molecular weight is 266 g/mol. The van der Waals surface area contributed by atoms with E-state index in [2.05, 4.69) is 13.5 Å². The van der Waals surface area contributed by atoms with E-state index in [0.29, 0.717) is 11.3 Å². The third-order valence-electron chi connectivity index (χ3n) is 3.23. The minimum atomic E-state index is -0.435. The van der Waals surface area contributed by atoms with Crippen LogP contribution < -0.4 is 0 Å². The maximum absolute atomic E-state index is 11.9. The lowest BCUT2D eigenvalue weighted by molar-refractivity contribution is -0.139. The molecule has 0 unspecified atom stereocenters. The fraction of sp³-hybridized carbons (Fsp3) is 0.600. The van der Waals surface area contributed by atoms with Crippen molar-refractivity contribution in [3.8, 4) is 0 Å². The Bertz CT molecular complexity index is 395. The van der Waals surface area contributed by atoms with Crippen molar-refractivity contribution in [2.45, 2.75) is 52.6 Å². The zero-order valence-electron chi connectivity index (χ0n) is 11.9. The summed E-state index contributed by atoms with van der Waals surface area (Å²) in [5.41, 5.74) is 0.423. The Labute approximate surface area is 114 Å². The lowest BCUT2D eigenvalue weighted by atomic mass is 9.92. The van der Waals surface area contributed by atoms with Crippen LogP contribution in [0.5, 0.6) is 0 Å². The van der Waals surface area contributed by atoms with E-state index in [9.17, 15) is 9.59 Å². The number of allylic oxidation sites excluding steroid dienone is 1. The molecule has 1 aliphatic heterocycles. The first-order valence-electron chi connectivity index (χ1n) is 6.74. The van der Waals surface area contributed by atoms with Crippen LogP contribution >= 0.6 is 0 Å². The van der Waals surface area contributed by atoms with Crippen LogP contribution in [0.1, 0.15) is 46.5 Å². The highest BCUT2D eigenvalue weighted by Gasteiger charge is 2.39. The maximum atomic E-state index is 11.9. The van der Waals surface area contributed by atoms with Gasteiger partial charge in [0.25, 0.3) is 0 Å². The Hall–Kier alpha value is -1.58. The van der Waals surface area contributed by atoms with Crippen molar-refractivity contribution in [2.24, 2.45) is 5.92 Å². The van der Waals surface area contributed by atoms with Crippen LogP contribution in [-0.2, 0) is 19.1 Å². The minimum absolute atomic E-state index is 0.183. The van der Waals surface area contributed by atoms with E-state index in [4.69, 9.17) is 9.47 Å². The van der Waals surface area contributed by atoms with Gasteiger partial charge in [0.15, 0.2) is 0 Å². The van der Waals surface area contributed by atoms with Crippen molar-refractivity contribution in [2.75, 3.05) is 0 Å². The first-order valence-corrected chi connectivity index (χ1v) is 6.74. The summed E-state index contributed by atoms with van der Waals surface area (Å²) in [6.45, 7) is 8.81. The van der Waals surface area contributed by atoms with Crippen molar-refractivity contribution in [1.82, 2.24) is 0 Å². The van der Waals surface area contributed by atoms with E-state index >= 15 is 0 Å². The molecule has 19 heavy (non-hydrogen) atoms. The van der Waals surface area contributed by atoms with Gasteiger partial charge in [0.1, 0.15) is 11.9 Å². The lowest BCUT2D eigenvalue weighted by Crippen LogP contribution is -2.15. The highest BCUT2D eigenvalue weighted by molar-refractivity contribution is 5.93. The van der Waals surface area contributed by atoms with Gasteiger partial charge in [-0.3, -0.25) is 4.79 Å². The Balaban J connectivity index is 2.85. The van der Waals surface area contributed by atoms with Gasteiger partial charge in [-0.2, -0.15) is 0 Å². The summed E-state index contributed by atoms with van der Waals surface area (Å²) in [7, 11) is 0. The van der Waals surface area contributed by atoms with Crippen LogP contribution in [0.3, 0.4) is 0 Å². The molecular formula is C15H22O4. The van der Waals surface area contributed by atoms with Gasteiger partial charge in [-0.1, -0.05) is 25.8 Å². The number of hydrogen-bond donors (Lipinski definition) is 0. The molecular weight excluding hydrogens is 244 g/mol. The molecule has 1 aliphatic rings. The number of unbranched alkanes of at least 4 members (excludes halogenated alkanes) is 2. The molecule has 106 valence electrons. The summed E-state index contributed by atoms with van der Waals surface area (Å²) in [5.74, 6) is -0.704. The van der Waals surface area contributed by atoms with Gasteiger partial charge < -0.3 is 9.47 Å². The highest BCUT2D eigenvalue weighted by Crippen LogP contribution is 2.34. The molecule has 1 heterocycles. The molecule has 4 nitrogen and oxygen atoms in total. The van der Waals surface area contributed by atoms with Gasteiger partial charge in [-0.05, 0) is 19.8 Å². The fourth-order valence-corrected chi connectivity index (χ4v) is 2.35. The number of rotatable bonds is 6. The fourth-order valence-electron chi connectivity index (χ4n) is 2.35. The molecule has 0 spiro atoms. The summed E-state index contributed by atoms with van der Waals surface area (Å²) >= 11 is 0. The molecule has 2 atom stereocenters. The average Bonchev–Trinajstić information content (AvgIpc) is 2.64. The monoisotopic (exact) mass is 266 g/mol. The number of carbonyl (C=O) groups is 2. The molecule has 0 aromatic heterocycles. The van der Waals surface area contributed by atoms with Crippen LogP contribution in [0, 0.1) is 5.92 Å². The molecule has 1 saturated heterocycles. The van der Waals surface area contributed by atoms with E-state index in [1.165, 1.54) is 6.92 Å². The standard InChI is InChI=1S/C15H22O4/c1-5-7-8-9-13-12(6-2)14(15(17)19-13)10(3)18-11(4)16/h6,12-13H,2,5,7-9H2,1,3-4H3/b14-10-/t12-,13+/m0/s1. The van der Waals surface area contributed by atoms with Gasteiger partial charge in [0.2, 0.25) is 0 Å². The summed E-state index contributed by atoms with van der Waals surface area (Å²) in [6, 6.07) is 0. The first kappa shape index (κ1) is 15.5. The molecule has 0 N–H and O–H groups in total. The number of ether oxygens (including phenoxy) is 2. The van der Waals surface area contributed by atoms with E-state index < -0.39 is 11.9 Å². The van der Waals surface area contributed by atoms with Gasteiger partial charge >= 0.3 is 11.9 Å². The summed E-state index contributed by atoms with van der Waals surface area (Å²) in [6.07, 6.45) is 5.57. The number of carbonyl (C=O) groups excluding carboxylic acids is 2. The topological polar surface area (TPSA) is 52.6 Å². The second-order valence-electron chi connectivity index (χ2n) is 4.76. The van der Waals surface area contributed by atoms with Crippen molar-refractivity contribution in [1.29, 1.82) is 0 Å². The second-order valence-corrected chi connectivity index (χ2v) is 4.76. The molecule has 0 amide bonds. The van der Waals surface area contributed by atoms with Gasteiger partial charge in [-0.25, -0.2) is 4.79 Å². The maximum Gasteiger partial charge on any atom is 0.338 e. The van der Waals surface area contributed by atoms with Crippen LogP contribution in [0.15, 0.2) is 24.0 Å². The van der Waals surface area contributed by atoms with Gasteiger partial charge in [0, 0.05) is 12.8 Å². The molecule has 1 fully saturated rings. The quantitative estimate of drug-likeness (QED) is 0.244. The van der Waals surface area contributed by atoms with Gasteiger partial charge in [-0.15, -0.1) is 6.58 Å². The minimum Gasteiger partial charge on any atom is -0.458 e. The Morgan fingerprint density at radius 3 is 2.63 bits per heavy atom. The molecule has 4 heteroatoms. The van der Waals surface area contributed by atoms with Crippen molar-refractivity contribution in [3.05, 3.63) is 24.0 Å². The Morgan fingerprint density at radius 1 is 1.42 bits per heavy atom. The van der Waals surface area contributed by atoms with Crippen LogP contribution in [0.4, 0.5) is 0 Å². The third kappa shape index (κ3) is 3.94. The van der Waals surface area contributed by atoms with Crippen molar-refractivity contribution < 1.29 is 19.1 Å². The second kappa shape index (κ2) is 7.12. The lowest BCUT2D eigenvalue weighted by Gasteiger charge is -2.14. The van der Waals surface area contributed by atoms with E-state index in [1.54, 1.807) is 13.0 Å². The van der Waals surface area contributed by atoms with Gasteiger partial charge in [0.05, 0.1) is 5.57 Å². The number of esters is 2. The Kier molecular flexibility index (Phi) is 5.80. The SMILES string of the molecule is C=C[C@@H]1/C(=C(\C)OC(C)=O)C(=O)O[C@@H]1CCCCC. The molecule has 0 aromatic rings. The molecule has 0 saturated carbocycles. The zero-order valence-corrected chi connectivity index (χ0v) is 11.9. The predicted octanol–water partition coefficient (Wildman–Crippen LogP) is 3.13. The van der Waals surface area contributed by atoms with Crippen LogP contribution in [0.2, 0.25) is 0 Å². The smallest absolute Gasteiger partial charge is 0.338 e. The van der Waals surface area contributed by atoms with Crippen LogP contribution in [-0.4, -0.2) is 18.0 Å². The molecule has 0 aromatic carbocycles. The molecule has 1 rings (SSSR count). The summed E-state index contributed by atoms with van der Waals surface area (Å²) in [5, 5.41) is 0. The Morgan fingerprint density at radius 2 is 2.11 bits per heavy atom. The summed E-state index contributed by atoms with van der Waals surface area (Å²) in [4.78, 5) is 22.9. The normalized spacial score (nSPS) is 24.9. The number of cyclic esters (lactones) is 1. The van der Waals surface area contributed by atoms with E-state index in [1.807, 2.05) is 0 Å². The molecule has 0 aliphatic carbocycles. The molecule has 0 bridgehead atoms. The number of hydrogen-bond acceptors (Lipinski definition) is 4.